The fourth-order valence-corrected chi connectivity index (χ4v) is 2.52. The van der Waals surface area contributed by atoms with Crippen molar-refractivity contribution in [2.75, 3.05) is 32.8 Å². The number of likely N-dealkylation sites (tertiary alicyclic amines) is 1. The topological polar surface area (TPSA) is 61.8 Å². The van der Waals surface area contributed by atoms with Crippen molar-refractivity contribution < 1.29 is 14.6 Å². The standard InChI is InChI=1S/C14H28N2O3/c1-4-8-15-14(3,13(17)18)11-16-9-6-12(7-10-16)19-5-2/h12,15H,4-11H2,1-3H3,(H,17,18). The Bertz CT molecular complexity index is 278. The summed E-state index contributed by atoms with van der Waals surface area (Å²) in [6.45, 7) is 9.72. The van der Waals surface area contributed by atoms with E-state index < -0.39 is 11.5 Å². The van der Waals surface area contributed by atoms with Crippen molar-refractivity contribution >= 4 is 5.97 Å². The summed E-state index contributed by atoms with van der Waals surface area (Å²) in [4.78, 5) is 13.7. The smallest absolute Gasteiger partial charge is 0.324 e. The number of carboxylic acids is 1. The van der Waals surface area contributed by atoms with Gasteiger partial charge < -0.3 is 20.1 Å². The van der Waals surface area contributed by atoms with E-state index in [-0.39, 0.29) is 0 Å². The molecular weight excluding hydrogens is 244 g/mol. The summed E-state index contributed by atoms with van der Waals surface area (Å²) in [5.41, 5.74) is -0.853. The highest BCUT2D eigenvalue weighted by Gasteiger charge is 2.35. The number of hydrogen-bond acceptors (Lipinski definition) is 4. The fourth-order valence-electron chi connectivity index (χ4n) is 2.52. The first-order valence-corrected chi connectivity index (χ1v) is 7.34. The van der Waals surface area contributed by atoms with Crippen LogP contribution in [0.3, 0.4) is 0 Å². The minimum Gasteiger partial charge on any atom is -0.480 e. The van der Waals surface area contributed by atoms with Gasteiger partial charge in [0.1, 0.15) is 5.54 Å². The van der Waals surface area contributed by atoms with Crippen molar-refractivity contribution in [1.29, 1.82) is 0 Å². The van der Waals surface area contributed by atoms with Gasteiger partial charge >= 0.3 is 5.97 Å². The lowest BCUT2D eigenvalue weighted by molar-refractivity contribution is -0.145. The Labute approximate surface area is 116 Å². The summed E-state index contributed by atoms with van der Waals surface area (Å²) in [5.74, 6) is -0.770. The molecule has 1 heterocycles. The highest BCUT2D eigenvalue weighted by atomic mass is 16.5. The van der Waals surface area contributed by atoms with Crippen molar-refractivity contribution in [3.05, 3.63) is 0 Å². The summed E-state index contributed by atoms with van der Waals surface area (Å²) >= 11 is 0. The van der Waals surface area contributed by atoms with Crippen molar-refractivity contribution in [1.82, 2.24) is 10.2 Å². The Morgan fingerprint density at radius 2 is 2.05 bits per heavy atom. The molecule has 0 spiro atoms. The van der Waals surface area contributed by atoms with Crippen LogP contribution >= 0.6 is 0 Å². The predicted molar refractivity (Wildman–Crippen MR) is 75.4 cm³/mol. The lowest BCUT2D eigenvalue weighted by atomic mass is 9.99. The average molecular weight is 272 g/mol. The molecule has 5 heteroatoms. The highest BCUT2D eigenvalue weighted by molar-refractivity contribution is 5.78. The van der Waals surface area contributed by atoms with Crippen molar-refractivity contribution in [2.24, 2.45) is 0 Å². The molecule has 112 valence electrons. The van der Waals surface area contributed by atoms with E-state index in [2.05, 4.69) is 10.2 Å². The van der Waals surface area contributed by atoms with Gasteiger partial charge in [0.25, 0.3) is 0 Å². The van der Waals surface area contributed by atoms with Crippen LogP contribution in [-0.4, -0.2) is 60.4 Å². The molecule has 2 N–H and O–H groups in total. The third-order valence-corrected chi connectivity index (χ3v) is 3.71. The monoisotopic (exact) mass is 272 g/mol. The Morgan fingerprint density at radius 3 is 2.53 bits per heavy atom. The second kappa shape index (κ2) is 7.82. The Hall–Kier alpha value is -0.650. The Morgan fingerprint density at radius 1 is 1.42 bits per heavy atom. The molecule has 1 fully saturated rings. The predicted octanol–water partition coefficient (Wildman–Crippen LogP) is 1.33. The van der Waals surface area contributed by atoms with Crippen LogP contribution in [-0.2, 0) is 9.53 Å². The van der Waals surface area contributed by atoms with Crippen molar-refractivity contribution in [2.45, 2.75) is 51.7 Å². The third kappa shape index (κ3) is 5.09. The number of carboxylic acid groups (broad SMARTS) is 1. The lowest BCUT2D eigenvalue weighted by Gasteiger charge is -2.37. The number of rotatable bonds is 8. The molecule has 1 aliphatic heterocycles. The number of piperidine rings is 1. The van der Waals surface area contributed by atoms with E-state index in [1.165, 1.54) is 0 Å². The van der Waals surface area contributed by atoms with Gasteiger partial charge in [-0.15, -0.1) is 0 Å². The summed E-state index contributed by atoms with van der Waals surface area (Å²) in [6, 6.07) is 0. The van der Waals surface area contributed by atoms with Crippen LogP contribution in [0, 0.1) is 0 Å². The minimum atomic E-state index is -0.853. The lowest BCUT2D eigenvalue weighted by Crippen LogP contribution is -2.58. The minimum absolute atomic E-state index is 0.348. The van der Waals surface area contributed by atoms with E-state index in [0.29, 0.717) is 12.6 Å². The van der Waals surface area contributed by atoms with E-state index in [0.717, 1.165) is 45.5 Å². The summed E-state index contributed by atoms with van der Waals surface area (Å²) in [7, 11) is 0. The van der Waals surface area contributed by atoms with Crippen molar-refractivity contribution in [3.8, 4) is 0 Å². The van der Waals surface area contributed by atoms with Gasteiger partial charge in [0.15, 0.2) is 0 Å². The maximum absolute atomic E-state index is 11.5. The maximum Gasteiger partial charge on any atom is 0.324 e. The maximum atomic E-state index is 11.5. The molecular formula is C14H28N2O3. The first-order chi connectivity index (χ1) is 9.01. The Balaban J connectivity index is 2.45. The van der Waals surface area contributed by atoms with Gasteiger partial charge in [0.05, 0.1) is 6.10 Å². The molecule has 0 aromatic carbocycles. The third-order valence-electron chi connectivity index (χ3n) is 3.71. The Kier molecular flexibility index (Phi) is 6.75. The molecule has 0 aliphatic carbocycles. The molecule has 19 heavy (non-hydrogen) atoms. The van der Waals surface area contributed by atoms with Crippen LogP contribution in [0.15, 0.2) is 0 Å². The van der Waals surface area contributed by atoms with Gasteiger partial charge in [0.2, 0.25) is 0 Å². The van der Waals surface area contributed by atoms with Crippen LogP contribution < -0.4 is 5.32 Å². The SMILES string of the molecule is CCCNC(C)(CN1CCC(OCC)CC1)C(=O)O. The number of ether oxygens (including phenoxy) is 1. The van der Waals surface area contributed by atoms with Crippen LogP contribution in [0.4, 0.5) is 0 Å². The molecule has 0 aromatic heterocycles. The van der Waals surface area contributed by atoms with Crippen LogP contribution in [0.2, 0.25) is 0 Å². The van der Waals surface area contributed by atoms with Crippen LogP contribution in [0.1, 0.15) is 40.0 Å². The molecule has 1 aliphatic rings. The first-order valence-electron chi connectivity index (χ1n) is 7.34. The van der Waals surface area contributed by atoms with E-state index >= 15 is 0 Å². The quantitative estimate of drug-likeness (QED) is 0.698. The zero-order valence-corrected chi connectivity index (χ0v) is 12.4. The molecule has 0 aromatic rings. The normalized spacial score (nSPS) is 21.2. The molecule has 1 saturated heterocycles. The van der Waals surface area contributed by atoms with E-state index in [9.17, 15) is 9.90 Å². The van der Waals surface area contributed by atoms with Gasteiger partial charge in [0, 0.05) is 26.2 Å². The molecule has 0 amide bonds. The molecule has 1 unspecified atom stereocenters. The van der Waals surface area contributed by atoms with Gasteiger partial charge in [-0.25, -0.2) is 0 Å². The zero-order valence-electron chi connectivity index (χ0n) is 12.4. The zero-order chi connectivity index (χ0) is 14.3. The number of carbonyl (C=O) groups is 1. The number of nitrogens with one attached hydrogen (secondary N) is 1. The van der Waals surface area contributed by atoms with E-state index in [1.54, 1.807) is 6.92 Å². The molecule has 0 saturated carbocycles. The van der Waals surface area contributed by atoms with E-state index in [1.807, 2.05) is 13.8 Å². The summed E-state index contributed by atoms with van der Waals surface area (Å²) < 4.78 is 5.61. The second-order valence-electron chi connectivity index (χ2n) is 5.49. The van der Waals surface area contributed by atoms with Crippen molar-refractivity contribution in [3.63, 3.8) is 0 Å². The average Bonchev–Trinajstić information content (AvgIpc) is 2.39. The molecule has 0 radical (unpaired) electrons. The number of hydrogen-bond donors (Lipinski definition) is 2. The van der Waals surface area contributed by atoms with Crippen LogP contribution in [0.25, 0.3) is 0 Å². The van der Waals surface area contributed by atoms with Gasteiger partial charge in [-0.3, -0.25) is 4.79 Å². The van der Waals surface area contributed by atoms with E-state index in [4.69, 9.17) is 4.74 Å². The largest absolute Gasteiger partial charge is 0.480 e. The highest BCUT2D eigenvalue weighted by Crippen LogP contribution is 2.16. The number of nitrogens with zero attached hydrogens (tertiary/aromatic N) is 1. The summed E-state index contributed by atoms with van der Waals surface area (Å²) in [5, 5.41) is 12.6. The van der Waals surface area contributed by atoms with Gasteiger partial charge in [-0.1, -0.05) is 6.92 Å². The molecule has 5 nitrogen and oxygen atoms in total. The first kappa shape index (κ1) is 16.4. The fraction of sp³-hybridized carbons (Fsp3) is 0.929. The second-order valence-corrected chi connectivity index (χ2v) is 5.49. The van der Waals surface area contributed by atoms with Crippen LogP contribution in [0.5, 0.6) is 0 Å². The molecule has 1 atom stereocenters. The van der Waals surface area contributed by atoms with Gasteiger partial charge in [-0.2, -0.15) is 0 Å². The molecule has 1 rings (SSSR count). The number of aliphatic carboxylic acids is 1. The summed E-state index contributed by atoms with van der Waals surface area (Å²) in [6.07, 6.45) is 3.28. The van der Waals surface area contributed by atoms with Gasteiger partial charge in [-0.05, 0) is 39.7 Å². The molecule has 0 bridgehead atoms.